The standard InChI is InChI=1S/C7H12O2.2ClH.2Hg/c1-5-3-7(8)4-6(2)9-5;;;;/h5-8H,1-4H2;2*1H;;/q;;;2*+1/p-2. The van der Waals surface area contributed by atoms with Crippen LogP contribution in [0, 0.1) is 0 Å². The van der Waals surface area contributed by atoms with E-state index in [9.17, 15) is 5.11 Å². The second kappa shape index (κ2) is 7.61. The van der Waals surface area contributed by atoms with Gasteiger partial charge in [-0.15, -0.1) is 0 Å². The van der Waals surface area contributed by atoms with E-state index in [0.29, 0.717) is 0 Å². The third-order valence-corrected chi connectivity index (χ3v) is 12.9. The fraction of sp³-hybridized carbons (Fsp3) is 1.00. The van der Waals surface area contributed by atoms with Crippen LogP contribution in [-0.2, 0) is 51.4 Å². The van der Waals surface area contributed by atoms with Crippen LogP contribution in [0.3, 0.4) is 0 Å². The molecule has 70 valence electrons. The number of hydrogen-bond donors (Lipinski definition) is 1. The van der Waals surface area contributed by atoms with E-state index in [1.54, 1.807) is 0 Å². The fourth-order valence-corrected chi connectivity index (χ4v) is 10.8. The number of rotatable bonds is 4. The summed E-state index contributed by atoms with van der Waals surface area (Å²) in [6.45, 7) is 0. The van der Waals surface area contributed by atoms with E-state index in [-0.39, 0.29) is 18.3 Å². The molecule has 0 aromatic rings. The number of halogens is 2. The van der Waals surface area contributed by atoms with Gasteiger partial charge in [0.2, 0.25) is 0 Å². The molecule has 1 N–H and O–H groups in total. The van der Waals surface area contributed by atoms with Crippen LogP contribution in [0.5, 0.6) is 0 Å². The molecular weight excluding hydrogens is 588 g/mol. The van der Waals surface area contributed by atoms with Gasteiger partial charge in [-0.2, -0.15) is 0 Å². The SMILES string of the molecule is OC1CC([CH2][Hg][Cl])OC([CH2][Hg][Cl])C1. The van der Waals surface area contributed by atoms with Crippen LogP contribution < -0.4 is 0 Å². The summed E-state index contributed by atoms with van der Waals surface area (Å²) in [5.41, 5.74) is 0. The summed E-state index contributed by atoms with van der Waals surface area (Å²) in [5, 5.41) is 9.59. The molecule has 0 aliphatic carbocycles. The van der Waals surface area contributed by atoms with Crippen LogP contribution >= 0.6 is 16.5 Å². The minimum atomic E-state index is -1.11. The van der Waals surface area contributed by atoms with Crippen LogP contribution in [0.25, 0.3) is 0 Å². The Morgan fingerprint density at radius 3 is 2.00 bits per heavy atom. The number of aliphatic hydroxyl groups excluding tert-OH is 1. The molecule has 2 unspecified atom stereocenters. The Labute approximate surface area is 110 Å². The predicted octanol–water partition coefficient (Wildman–Crippen LogP) is 2.20. The third-order valence-electron chi connectivity index (χ3n) is 2.32. The number of hydrogen-bond acceptors (Lipinski definition) is 2. The van der Waals surface area contributed by atoms with Gasteiger partial charge in [-0.25, -0.2) is 0 Å². The Hall–Kier alpha value is 2.37. The predicted molar refractivity (Wildman–Crippen MR) is 45.2 cm³/mol. The molecule has 0 amide bonds. The summed E-state index contributed by atoms with van der Waals surface area (Å²) in [6.07, 6.45) is 1.93. The fourth-order valence-electron chi connectivity index (χ4n) is 1.70. The molecule has 0 aromatic heterocycles. The Morgan fingerprint density at radius 2 is 1.62 bits per heavy atom. The molecule has 0 spiro atoms. The number of aliphatic hydroxyl groups is 1. The molecule has 13 heavy (non-hydrogen) atoms. The first-order valence-corrected chi connectivity index (χ1v) is 26.0. The summed E-state index contributed by atoms with van der Waals surface area (Å²) < 4.78 is 7.95. The molecule has 2 nitrogen and oxygen atoms in total. The quantitative estimate of drug-likeness (QED) is 0.502. The van der Waals surface area contributed by atoms with Crippen LogP contribution in [0.1, 0.15) is 12.8 Å². The van der Waals surface area contributed by atoms with Crippen LogP contribution in [-0.4, -0.2) is 23.4 Å². The molecule has 0 saturated carbocycles. The second-order valence-electron chi connectivity index (χ2n) is 3.46. The van der Waals surface area contributed by atoms with Crippen molar-refractivity contribution in [3.8, 4) is 0 Å². The van der Waals surface area contributed by atoms with Crippen molar-refractivity contribution < 1.29 is 56.5 Å². The zero-order valence-electron chi connectivity index (χ0n) is 7.59. The van der Waals surface area contributed by atoms with Crippen molar-refractivity contribution in [2.45, 2.75) is 39.0 Å². The number of ether oxygens (including phenoxy) is 1. The molecule has 1 heterocycles. The van der Waals surface area contributed by atoms with Gasteiger partial charge in [0.25, 0.3) is 0 Å². The first-order valence-electron chi connectivity index (χ1n) is 4.71. The van der Waals surface area contributed by atoms with E-state index in [2.05, 4.69) is 0 Å². The van der Waals surface area contributed by atoms with Crippen molar-refractivity contribution in [3.63, 3.8) is 0 Å². The Kier molecular flexibility index (Phi) is 7.87. The monoisotopic (exact) mass is 602 g/mol. The summed E-state index contributed by atoms with van der Waals surface area (Å²) >= 11 is -2.23. The average Bonchev–Trinajstić information content (AvgIpc) is 2.04. The average molecular weight is 600 g/mol. The molecule has 1 aliphatic rings. The summed E-state index contributed by atoms with van der Waals surface area (Å²) in [4.78, 5) is 0. The summed E-state index contributed by atoms with van der Waals surface area (Å²) in [5.74, 6) is 0. The van der Waals surface area contributed by atoms with E-state index in [0.717, 1.165) is 20.7 Å². The van der Waals surface area contributed by atoms with Crippen molar-refractivity contribution >= 4 is 16.5 Å². The van der Waals surface area contributed by atoms with Crippen molar-refractivity contribution in [2.75, 3.05) is 0 Å². The Bertz CT molecular complexity index is 136. The van der Waals surface area contributed by atoms with E-state index in [4.69, 9.17) is 21.2 Å². The van der Waals surface area contributed by atoms with E-state index < -0.39 is 46.7 Å². The normalized spacial score (nSPS) is 33.6. The molecule has 1 rings (SSSR count). The first-order chi connectivity index (χ1) is 6.26. The molecule has 1 saturated heterocycles. The molecular formula is C7H12Cl2Hg2O2. The Morgan fingerprint density at radius 1 is 1.15 bits per heavy atom. The van der Waals surface area contributed by atoms with Gasteiger partial charge in [-0.3, -0.25) is 0 Å². The molecule has 6 heteroatoms. The maximum atomic E-state index is 9.59. The maximum absolute atomic E-state index is 9.59. The van der Waals surface area contributed by atoms with Gasteiger partial charge in [-0.05, 0) is 0 Å². The molecule has 0 bridgehead atoms. The van der Waals surface area contributed by atoms with Crippen LogP contribution in [0.4, 0.5) is 0 Å². The summed E-state index contributed by atoms with van der Waals surface area (Å²) in [6, 6.07) is 0. The molecule has 2 atom stereocenters. The molecule has 1 aliphatic heterocycles. The van der Waals surface area contributed by atoms with Crippen molar-refractivity contribution in [1.29, 1.82) is 0 Å². The van der Waals surface area contributed by atoms with Gasteiger partial charge in [-0.1, -0.05) is 0 Å². The topological polar surface area (TPSA) is 29.5 Å². The van der Waals surface area contributed by atoms with Gasteiger partial charge in [0, 0.05) is 0 Å². The van der Waals surface area contributed by atoms with Crippen molar-refractivity contribution in [3.05, 3.63) is 0 Å². The van der Waals surface area contributed by atoms with Gasteiger partial charge < -0.3 is 0 Å². The molecule has 0 aromatic carbocycles. The second-order valence-corrected chi connectivity index (χ2v) is 17.5. The van der Waals surface area contributed by atoms with Gasteiger partial charge in [0.1, 0.15) is 0 Å². The minimum absolute atomic E-state index is 0.169. The molecule has 0 radical (unpaired) electrons. The van der Waals surface area contributed by atoms with E-state index in [1.807, 2.05) is 0 Å². The zero-order valence-corrected chi connectivity index (χ0v) is 20.1. The third kappa shape index (κ3) is 5.30. The van der Waals surface area contributed by atoms with E-state index in [1.165, 1.54) is 0 Å². The van der Waals surface area contributed by atoms with Gasteiger partial charge in [0.05, 0.1) is 0 Å². The zero-order chi connectivity index (χ0) is 9.68. The van der Waals surface area contributed by atoms with Crippen LogP contribution in [0.2, 0.25) is 7.86 Å². The Balaban J connectivity index is 2.33. The van der Waals surface area contributed by atoms with Gasteiger partial charge >= 0.3 is 112 Å². The van der Waals surface area contributed by atoms with Crippen molar-refractivity contribution in [2.24, 2.45) is 0 Å². The van der Waals surface area contributed by atoms with Crippen LogP contribution in [0.15, 0.2) is 0 Å². The van der Waals surface area contributed by atoms with E-state index >= 15 is 0 Å². The summed E-state index contributed by atoms with van der Waals surface area (Å²) in [7, 11) is 11.7. The first kappa shape index (κ1) is 13.4. The molecule has 1 fully saturated rings. The van der Waals surface area contributed by atoms with Crippen molar-refractivity contribution in [1.82, 2.24) is 0 Å². The van der Waals surface area contributed by atoms with Gasteiger partial charge in [0.15, 0.2) is 0 Å².